The number of ether oxygens (including phenoxy) is 3. The van der Waals surface area contributed by atoms with Crippen LogP contribution in [0.5, 0.6) is 17.2 Å². The Labute approximate surface area is 202 Å². The molecule has 1 N–H and O–H groups in total. The topological polar surface area (TPSA) is 82.0 Å². The largest absolute Gasteiger partial charge is 0.492 e. The van der Waals surface area contributed by atoms with Gasteiger partial charge in [-0.3, -0.25) is 19.8 Å². The summed E-state index contributed by atoms with van der Waals surface area (Å²) in [5.74, 6) is 1.10. The lowest BCUT2D eigenvalue weighted by Crippen LogP contribution is -2.52. The van der Waals surface area contributed by atoms with Gasteiger partial charge in [-0.2, -0.15) is 0 Å². The predicted molar refractivity (Wildman–Crippen MR) is 129 cm³/mol. The average Bonchev–Trinajstić information content (AvgIpc) is 3.39. The Morgan fingerprint density at radius 1 is 1.18 bits per heavy atom. The van der Waals surface area contributed by atoms with E-state index in [4.69, 9.17) is 26.4 Å². The summed E-state index contributed by atoms with van der Waals surface area (Å²) in [7, 11) is 1.53. The van der Waals surface area contributed by atoms with Crippen LogP contribution in [0.4, 0.5) is 0 Å². The molecule has 5 rings (SSSR count). The van der Waals surface area contributed by atoms with Gasteiger partial charge in [-0.15, -0.1) is 0 Å². The van der Waals surface area contributed by atoms with Gasteiger partial charge in [0, 0.05) is 40.2 Å². The Morgan fingerprint density at radius 3 is 2.85 bits per heavy atom. The summed E-state index contributed by atoms with van der Waals surface area (Å²) in [6.45, 7) is 1.18. The smallest absolute Gasteiger partial charge is 0.265 e. The van der Waals surface area contributed by atoms with Gasteiger partial charge in [0.25, 0.3) is 11.8 Å². The number of amides is 2. The van der Waals surface area contributed by atoms with Crippen LogP contribution in [0.3, 0.4) is 0 Å². The molecule has 0 bridgehead atoms. The zero-order valence-electron chi connectivity index (χ0n) is 17.5. The summed E-state index contributed by atoms with van der Waals surface area (Å²) in [5.41, 5.74) is 1.72. The number of hydrogen-bond donors (Lipinski definition) is 1. The van der Waals surface area contributed by atoms with Crippen LogP contribution in [-0.2, 0) is 16.1 Å². The molecule has 0 atom stereocenters. The molecule has 0 saturated carbocycles. The van der Waals surface area contributed by atoms with Crippen LogP contribution in [0, 0.1) is 0 Å². The molecule has 0 spiro atoms. The first-order valence-electron chi connectivity index (χ1n) is 10.1. The van der Waals surface area contributed by atoms with Crippen molar-refractivity contribution in [3.8, 4) is 17.2 Å². The first-order chi connectivity index (χ1) is 15.9. The molecule has 3 heterocycles. The molecule has 168 valence electrons. The lowest BCUT2D eigenvalue weighted by atomic mass is 10.1. The van der Waals surface area contributed by atoms with Crippen molar-refractivity contribution in [2.45, 2.75) is 6.54 Å². The standard InChI is InChI=1S/C23H18BrN3O5S/c1-26-22(29)17(21(28)25-23(26)33)8-13-11-27(18-4-2-14(24)9-16(13)18)6-7-30-15-3-5-19-20(10-15)32-12-31-19/h2-5,8-11H,6-7,12H2,1H3,(H,25,28,33)/b17-8-. The van der Waals surface area contributed by atoms with Gasteiger partial charge in [0.1, 0.15) is 17.9 Å². The number of nitrogens with zero attached hydrogens (tertiary/aromatic N) is 2. The number of benzene rings is 2. The third-order valence-corrected chi connectivity index (χ3v) is 6.29. The molecule has 0 aliphatic carbocycles. The number of aromatic nitrogens is 1. The summed E-state index contributed by atoms with van der Waals surface area (Å²) in [6, 6.07) is 11.3. The Bertz CT molecular complexity index is 1350. The molecule has 3 aromatic rings. The molecule has 1 aromatic heterocycles. The minimum absolute atomic E-state index is 0.0294. The third kappa shape index (κ3) is 4.07. The van der Waals surface area contributed by atoms with Gasteiger partial charge in [-0.25, -0.2) is 0 Å². The van der Waals surface area contributed by atoms with E-state index in [0.717, 1.165) is 20.9 Å². The second-order valence-electron chi connectivity index (χ2n) is 7.48. The molecule has 2 aromatic carbocycles. The highest BCUT2D eigenvalue weighted by Crippen LogP contribution is 2.35. The molecule has 10 heteroatoms. The van der Waals surface area contributed by atoms with Crippen molar-refractivity contribution in [3.05, 3.63) is 58.2 Å². The number of carbonyl (C=O) groups excluding carboxylic acids is 2. The molecular weight excluding hydrogens is 510 g/mol. The molecule has 0 radical (unpaired) electrons. The summed E-state index contributed by atoms with van der Waals surface area (Å²) >= 11 is 8.52. The van der Waals surface area contributed by atoms with Gasteiger partial charge in [0.15, 0.2) is 16.6 Å². The molecule has 8 nitrogen and oxygen atoms in total. The highest BCUT2D eigenvalue weighted by atomic mass is 79.9. The lowest BCUT2D eigenvalue weighted by Gasteiger charge is -2.24. The molecule has 1 saturated heterocycles. The van der Waals surface area contributed by atoms with E-state index in [1.54, 1.807) is 12.1 Å². The molecular formula is C23H18BrN3O5S. The highest BCUT2D eigenvalue weighted by molar-refractivity contribution is 9.10. The molecule has 2 aliphatic heterocycles. The maximum atomic E-state index is 12.6. The number of hydrogen-bond acceptors (Lipinski definition) is 6. The fourth-order valence-electron chi connectivity index (χ4n) is 3.73. The number of nitrogens with one attached hydrogen (secondary N) is 1. The van der Waals surface area contributed by atoms with Crippen molar-refractivity contribution < 1.29 is 23.8 Å². The summed E-state index contributed by atoms with van der Waals surface area (Å²) < 4.78 is 19.5. The Kier molecular flexibility index (Phi) is 5.55. The second kappa shape index (κ2) is 8.53. The fourth-order valence-corrected chi connectivity index (χ4v) is 4.26. The fraction of sp³-hybridized carbons (Fsp3) is 0.174. The van der Waals surface area contributed by atoms with E-state index >= 15 is 0 Å². The van der Waals surface area contributed by atoms with Crippen molar-refractivity contribution in [2.24, 2.45) is 0 Å². The maximum absolute atomic E-state index is 12.6. The van der Waals surface area contributed by atoms with Crippen LogP contribution in [0.2, 0.25) is 0 Å². The first kappa shape index (κ1) is 21.5. The number of rotatable bonds is 5. The van der Waals surface area contributed by atoms with Crippen LogP contribution in [0.15, 0.2) is 52.6 Å². The third-order valence-electron chi connectivity index (χ3n) is 5.42. The Morgan fingerprint density at radius 2 is 2.00 bits per heavy atom. The van der Waals surface area contributed by atoms with Crippen molar-refractivity contribution in [1.82, 2.24) is 14.8 Å². The number of fused-ring (bicyclic) bond motifs is 2. The van der Waals surface area contributed by atoms with Gasteiger partial charge in [-0.05, 0) is 48.6 Å². The van der Waals surface area contributed by atoms with E-state index in [0.29, 0.717) is 30.4 Å². The average molecular weight is 528 g/mol. The minimum Gasteiger partial charge on any atom is -0.492 e. The van der Waals surface area contributed by atoms with Crippen LogP contribution in [-0.4, -0.2) is 46.8 Å². The van der Waals surface area contributed by atoms with Gasteiger partial charge < -0.3 is 18.8 Å². The quantitative estimate of drug-likeness (QED) is 0.311. The Hall–Kier alpha value is -3.37. The van der Waals surface area contributed by atoms with E-state index in [-0.39, 0.29) is 17.5 Å². The number of likely N-dealkylation sites (N-methyl/N-ethyl adjacent to an activating group) is 1. The number of thiocarbonyl (C=S) groups is 1. The SMILES string of the molecule is CN1C(=O)/C(=C\c2cn(CCOc3ccc4c(c3)OCO4)c3ccc(Br)cc23)C(=O)NC1=S. The van der Waals surface area contributed by atoms with Crippen LogP contribution in [0.1, 0.15) is 5.56 Å². The zero-order chi connectivity index (χ0) is 23.1. The van der Waals surface area contributed by atoms with Crippen molar-refractivity contribution in [3.63, 3.8) is 0 Å². The van der Waals surface area contributed by atoms with E-state index in [2.05, 4.69) is 21.2 Å². The molecule has 0 unspecified atom stereocenters. The van der Waals surface area contributed by atoms with Gasteiger partial charge in [0.2, 0.25) is 6.79 Å². The van der Waals surface area contributed by atoms with Gasteiger partial charge in [0.05, 0.1) is 6.54 Å². The predicted octanol–water partition coefficient (Wildman–Crippen LogP) is 3.47. The summed E-state index contributed by atoms with van der Waals surface area (Å²) in [4.78, 5) is 26.3. The number of carbonyl (C=O) groups is 2. The summed E-state index contributed by atoms with van der Waals surface area (Å²) in [6.07, 6.45) is 3.50. The highest BCUT2D eigenvalue weighted by Gasteiger charge is 2.31. The van der Waals surface area contributed by atoms with E-state index < -0.39 is 11.8 Å². The monoisotopic (exact) mass is 527 g/mol. The minimum atomic E-state index is -0.509. The first-order valence-corrected chi connectivity index (χ1v) is 11.3. The van der Waals surface area contributed by atoms with Crippen LogP contribution in [0.25, 0.3) is 17.0 Å². The van der Waals surface area contributed by atoms with Crippen molar-refractivity contribution >= 4 is 62.1 Å². The molecule has 1 fully saturated rings. The number of halogens is 1. The normalized spacial score (nSPS) is 16.6. The second-order valence-corrected chi connectivity index (χ2v) is 8.79. The zero-order valence-corrected chi connectivity index (χ0v) is 19.9. The Balaban J connectivity index is 1.41. The van der Waals surface area contributed by atoms with E-state index in [1.165, 1.54) is 11.9 Å². The molecule has 2 aliphatic rings. The van der Waals surface area contributed by atoms with Gasteiger partial charge >= 0.3 is 0 Å². The van der Waals surface area contributed by atoms with Crippen molar-refractivity contribution in [1.29, 1.82) is 0 Å². The maximum Gasteiger partial charge on any atom is 0.265 e. The molecule has 2 amide bonds. The lowest BCUT2D eigenvalue weighted by molar-refractivity contribution is -0.128. The summed E-state index contributed by atoms with van der Waals surface area (Å²) in [5, 5.41) is 3.53. The van der Waals surface area contributed by atoms with E-state index in [1.807, 2.05) is 41.1 Å². The van der Waals surface area contributed by atoms with Crippen molar-refractivity contribution in [2.75, 3.05) is 20.4 Å². The van der Waals surface area contributed by atoms with E-state index in [9.17, 15) is 9.59 Å². The van der Waals surface area contributed by atoms with Crippen LogP contribution < -0.4 is 19.5 Å². The molecule has 33 heavy (non-hydrogen) atoms. The van der Waals surface area contributed by atoms with Crippen LogP contribution >= 0.6 is 28.1 Å². The van der Waals surface area contributed by atoms with Gasteiger partial charge in [-0.1, -0.05) is 15.9 Å².